The zero-order valence-electron chi connectivity index (χ0n) is 7.50. The van der Waals surface area contributed by atoms with Gasteiger partial charge in [0.15, 0.2) is 0 Å². The SMILES string of the molecule is NC(N)=NN=CCOc1cccnc1. The monoisotopic (exact) mass is 193 g/mol. The number of nitrogens with two attached hydrogens (primary N) is 2. The van der Waals surface area contributed by atoms with Gasteiger partial charge < -0.3 is 16.2 Å². The van der Waals surface area contributed by atoms with Crippen LogP contribution in [0.5, 0.6) is 5.75 Å². The van der Waals surface area contributed by atoms with Crippen molar-refractivity contribution in [2.75, 3.05) is 6.61 Å². The summed E-state index contributed by atoms with van der Waals surface area (Å²) in [5, 5.41) is 6.96. The molecule has 0 fully saturated rings. The van der Waals surface area contributed by atoms with Gasteiger partial charge in [-0.15, -0.1) is 5.10 Å². The molecule has 6 nitrogen and oxygen atoms in total. The van der Waals surface area contributed by atoms with Crippen molar-refractivity contribution < 1.29 is 4.74 Å². The predicted octanol–water partition coefficient (Wildman–Crippen LogP) is -0.280. The topological polar surface area (TPSA) is 98.9 Å². The highest BCUT2D eigenvalue weighted by Gasteiger charge is 1.87. The minimum atomic E-state index is -0.0809. The summed E-state index contributed by atoms with van der Waals surface area (Å²) >= 11 is 0. The Kier molecular flexibility index (Phi) is 3.93. The lowest BCUT2D eigenvalue weighted by Gasteiger charge is -1.99. The van der Waals surface area contributed by atoms with E-state index in [0.717, 1.165) is 0 Å². The van der Waals surface area contributed by atoms with Gasteiger partial charge in [0.05, 0.1) is 12.4 Å². The fraction of sp³-hybridized carbons (Fsp3) is 0.125. The van der Waals surface area contributed by atoms with Gasteiger partial charge >= 0.3 is 0 Å². The van der Waals surface area contributed by atoms with E-state index in [9.17, 15) is 0 Å². The molecule has 1 aromatic heterocycles. The van der Waals surface area contributed by atoms with Crippen LogP contribution in [0, 0.1) is 0 Å². The highest BCUT2D eigenvalue weighted by atomic mass is 16.5. The van der Waals surface area contributed by atoms with Crippen molar-refractivity contribution in [1.29, 1.82) is 0 Å². The molecular formula is C8H11N5O. The number of hydrogen-bond acceptors (Lipinski definition) is 4. The fourth-order valence-corrected chi connectivity index (χ4v) is 0.707. The molecule has 0 aliphatic heterocycles. The maximum absolute atomic E-state index is 5.23. The van der Waals surface area contributed by atoms with Crippen molar-refractivity contribution in [2.45, 2.75) is 0 Å². The van der Waals surface area contributed by atoms with Gasteiger partial charge in [0, 0.05) is 6.20 Å². The normalized spacial score (nSPS) is 10.0. The first kappa shape index (κ1) is 9.97. The van der Waals surface area contributed by atoms with Crippen molar-refractivity contribution in [3.63, 3.8) is 0 Å². The quantitative estimate of drug-likeness (QED) is 0.390. The smallest absolute Gasteiger partial charge is 0.211 e. The number of rotatable bonds is 4. The van der Waals surface area contributed by atoms with E-state index in [0.29, 0.717) is 12.4 Å². The van der Waals surface area contributed by atoms with Gasteiger partial charge in [-0.1, -0.05) is 0 Å². The summed E-state index contributed by atoms with van der Waals surface area (Å²) in [7, 11) is 0. The Morgan fingerprint density at radius 2 is 2.43 bits per heavy atom. The number of aromatic nitrogens is 1. The summed E-state index contributed by atoms with van der Waals surface area (Å²) < 4.78 is 5.23. The summed E-state index contributed by atoms with van der Waals surface area (Å²) in [6.45, 7) is 0.294. The van der Waals surface area contributed by atoms with Crippen molar-refractivity contribution in [1.82, 2.24) is 4.98 Å². The lowest BCUT2D eigenvalue weighted by atomic mass is 10.5. The van der Waals surface area contributed by atoms with Crippen LogP contribution in [-0.4, -0.2) is 23.8 Å². The van der Waals surface area contributed by atoms with Crippen LogP contribution >= 0.6 is 0 Å². The maximum Gasteiger partial charge on any atom is 0.211 e. The minimum absolute atomic E-state index is 0.0809. The molecule has 0 saturated heterocycles. The molecule has 1 aromatic rings. The standard InChI is InChI=1S/C8H11N5O/c9-8(10)13-12-4-5-14-7-2-1-3-11-6-7/h1-4,6H,5H2,(H4,9,10,13). The molecule has 1 heterocycles. The molecule has 14 heavy (non-hydrogen) atoms. The van der Waals surface area contributed by atoms with Crippen molar-refractivity contribution in [2.24, 2.45) is 21.7 Å². The van der Waals surface area contributed by atoms with Gasteiger partial charge in [-0.3, -0.25) is 4.98 Å². The Bertz CT molecular complexity index is 318. The molecule has 0 radical (unpaired) electrons. The van der Waals surface area contributed by atoms with E-state index in [2.05, 4.69) is 15.2 Å². The van der Waals surface area contributed by atoms with Crippen molar-refractivity contribution in [3.8, 4) is 5.75 Å². The molecule has 0 amide bonds. The number of pyridine rings is 1. The Labute approximate surface area is 81.3 Å². The summed E-state index contributed by atoms with van der Waals surface area (Å²) in [5.74, 6) is 0.589. The summed E-state index contributed by atoms with van der Waals surface area (Å²) in [4.78, 5) is 3.87. The Morgan fingerprint density at radius 1 is 1.57 bits per heavy atom. The second-order valence-electron chi connectivity index (χ2n) is 2.32. The zero-order valence-corrected chi connectivity index (χ0v) is 7.50. The van der Waals surface area contributed by atoms with Gasteiger partial charge in [0.1, 0.15) is 12.4 Å². The van der Waals surface area contributed by atoms with Gasteiger partial charge in [0.25, 0.3) is 0 Å². The van der Waals surface area contributed by atoms with Crippen LogP contribution in [0.4, 0.5) is 0 Å². The van der Waals surface area contributed by atoms with Crippen LogP contribution in [0.3, 0.4) is 0 Å². The van der Waals surface area contributed by atoms with Crippen molar-refractivity contribution in [3.05, 3.63) is 24.5 Å². The third kappa shape index (κ3) is 4.05. The van der Waals surface area contributed by atoms with Gasteiger partial charge in [0.2, 0.25) is 5.96 Å². The van der Waals surface area contributed by atoms with Gasteiger partial charge in [-0.2, -0.15) is 5.10 Å². The van der Waals surface area contributed by atoms with E-state index in [1.165, 1.54) is 6.21 Å². The number of hydrogen-bond donors (Lipinski definition) is 2. The van der Waals surface area contributed by atoms with Gasteiger partial charge in [-0.25, -0.2) is 0 Å². The van der Waals surface area contributed by atoms with E-state index in [-0.39, 0.29) is 5.96 Å². The van der Waals surface area contributed by atoms with Crippen LogP contribution in [0.2, 0.25) is 0 Å². The number of nitrogens with zero attached hydrogens (tertiary/aromatic N) is 3. The highest BCUT2D eigenvalue weighted by Crippen LogP contribution is 2.04. The second kappa shape index (κ2) is 5.52. The van der Waals surface area contributed by atoms with Crippen LogP contribution in [-0.2, 0) is 0 Å². The average Bonchev–Trinajstić information content (AvgIpc) is 2.18. The van der Waals surface area contributed by atoms with E-state index >= 15 is 0 Å². The first-order chi connectivity index (χ1) is 6.79. The third-order valence-corrected chi connectivity index (χ3v) is 1.21. The van der Waals surface area contributed by atoms with Gasteiger partial charge in [-0.05, 0) is 12.1 Å². The molecule has 0 bridgehead atoms. The molecule has 0 unspecified atom stereocenters. The lowest BCUT2D eigenvalue weighted by molar-refractivity contribution is 0.378. The first-order valence-electron chi connectivity index (χ1n) is 3.92. The van der Waals surface area contributed by atoms with E-state index in [4.69, 9.17) is 16.2 Å². The second-order valence-corrected chi connectivity index (χ2v) is 2.32. The van der Waals surface area contributed by atoms with Crippen LogP contribution in [0.1, 0.15) is 0 Å². The minimum Gasteiger partial charge on any atom is -0.486 e. The molecule has 0 aromatic carbocycles. The molecule has 0 aliphatic carbocycles. The average molecular weight is 193 g/mol. The molecule has 0 spiro atoms. The Hall–Kier alpha value is -2.11. The van der Waals surface area contributed by atoms with Crippen molar-refractivity contribution >= 4 is 12.2 Å². The highest BCUT2D eigenvalue weighted by molar-refractivity contribution is 5.76. The zero-order chi connectivity index (χ0) is 10.2. The molecule has 6 heteroatoms. The van der Waals surface area contributed by atoms with E-state index in [1.807, 2.05) is 0 Å². The molecule has 0 aliphatic rings. The summed E-state index contributed by atoms with van der Waals surface area (Å²) in [6.07, 6.45) is 4.72. The van der Waals surface area contributed by atoms with Crippen LogP contribution in [0.25, 0.3) is 0 Å². The molecule has 0 saturated carbocycles. The number of ether oxygens (including phenoxy) is 1. The molecule has 4 N–H and O–H groups in total. The predicted molar refractivity (Wildman–Crippen MR) is 54.0 cm³/mol. The molecule has 0 atom stereocenters. The molecular weight excluding hydrogens is 182 g/mol. The van der Waals surface area contributed by atoms with E-state index in [1.54, 1.807) is 24.5 Å². The lowest BCUT2D eigenvalue weighted by Crippen LogP contribution is -2.21. The molecule has 74 valence electrons. The van der Waals surface area contributed by atoms with Crippen LogP contribution in [0.15, 0.2) is 34.7 Å². The number of guanidine groups is 1. The summed E-state index contributed by atoms with van der Waals surface area (Å²) in [5.41, 5.74) is 10.1. The Balaban J connectivity index is 2.29. The van der Waals surface area contributed by atoms with E-state index < -0.39 is 0 Å². The largest absolute Gasteiger partial charge is 0.486 e. The Morgan fingerprint density at radius 3 is 3.07 bits per heavy atom. The fourth-order valence-electron chi connectivity index (χ4n) is 0.707. The van der Waals surface area contributed by atoms with Crippen LogP contribution < -0.4 is 16.2 Å². The first-order valence-corrected chi connectivity index (χ1v) is 3.92. The molecule has 1 rings (SSSR count). The third-order valence-electron chi connectivity index (χ3n) is 1.21. The summed E-state index contributed by atoms with van der Waals surface area (Å²) in [6, 6.07) is 3.57. The maximum atomic E-state index is 5.23.